The molecule has 0 unspecified atom stereocenters. The monoisotopic (exact) mass is 384 g/mol. The van der Waals surface area contributed by atoms with E-state index < -0.39 is 5.91 Å². The summed E-state index contributed by atoms with van der Waals surface area (Å²) in [6, 6.07) is 14.5. The van der Waals surface area contributed by atoms with Gasteiger partial charge in [-0.3, -0.25) is 4.79 Å². The molecule has 1 amide bonds. The van der Waals surface area contributed by atoms with Crippen molar-refractivity contribution in [2.24, 2.45) is 0 Å². The second-order valence-corrected chi connectivity index (χ2v) is 6.15. The minimum absolute atomic E-state index is 0.0277. The first-order chi connectivity index (χ1) is 13.0. The predicted molar refractivity (Wildman–Crippen MR) is 106 cm³/mol. The van der Waals surface area contributed by atoms with Gasteiger partial charge < -0.3 is 14.8 Å². The van der Waals surface area contributed by atoms with Crippen LogP contribution in [0, 0.1) is 11.3 Å². The minimum atomic E-state index is -0.460. The van der Waals surface area contributed by atoms with Crippen molar-refractivity contribution in [1.29, 1.82) is 5.26 Å². The van der Waals surface area contributed by atoms with E-state index in [0.717, 1.165) is 5.56 Å². The highest BCUT2D eigenvalue weighted by molar-refractivity contribution is 6.32. The number of halogens is 1. The highest BCUT2D eigenvalue weighted by Crippen LogP contribution is 2.37. The van der Waals surface area contributed by atoms with Crippen molar-refractivity contribution in [2.45, 2.75) is 19.9 Å². The predicted octanol–water partition coefficient (Wildman–Crippen LogP) is 4.53. The van der Waals surface area contributed by atoms with Gasteiger partial charge in [-0.15, -0.1) is 0 Å². The first-order valence-electron chi connectivity index (χ1n) is 8.48. The Balaban J connectivity index is 2.26. The summed E-state index contributed by atoms with van der Waals surface area (Å²) in [7, 11) is 1.50. The van der Waals surface area contributed by atoms with Crippen molar-refractivity contribution in [3.63, 3.8) is 0 Å². The summed E-state index contributed by atoms with van der Waals surface area (Å²) >= 11 is 6.24. The highest BCUT2D eigenvalue weighted by atomic mass is 35.5. The SMILES string of the molecule is CCOc1c(Cl)cc(/C=C(/C#N)C(=O)N[C@@H](C)c2ccccc2)cc1OC. The third kappa shape index (κ3) is 5.25. The molecule has 140 valence electrons. The van der Waals surface area contributed by atoms with Gasteiger partial charge in [0.15, 0.2) is 11.5 Å². The van der Waals surface area contributed by atoms with Crippen LogP contribution in [0.2, 0.25) is 5.02 Å². The van der Waals surface area contributed by atoms with E-state index in [4.69, 9.17) is 21.1 Å². The van der Waals surface area contributed by atoms with E-state index in [-0.39, 0.29) is 11.6 Å². The van der Waals surface area contributed by atoms with Crippen LogP contribution < -0.4 is 14.8 Å². The first-order valence-corrected chi connectivity index (χ1v) is 8.85. The molecule has 1 atom stereocenters. The highest BCUT2D eigenvalue weighted by Gasteiger charge is 2.15. The lowest BCUT2D eigenvalue weighted by Crippen LogP contribution is -2.27. The molecule has 0 heterocycles. The zero-order valence-electron chi connectivity index (χ0n) is 15.5. The van der Waals surface area contributed by atoms with E-state index in [1.165, 1.54) is 13.2 Å². The molecular weight excluding hydrogens is 364 g/mol. The van der Waals surface area contributed by atoms with E-state index in [9.17, 15) is 10.1 Å². The number of ether oxygens (including phenoxy) is 2. The van der Waals surface area contributed by atoms with Crippen LogP contribution in [-0.4, -0.2) is 19.6 Å². The van der Waals surface area contributed by atoms with Gasteiger partial charge in [-0.2, -0.15) is 5.26 Å². The van der Waals surface area contributed by atoms with Gasteiger partial charge in [0.1, 0.15) is 11.6 Å². The number of methoxy groups -OCH3 is 1. The average molecular weight is 385 g/mol. The summed E-state index contributed by atoms with van der Waals surface area (Å²) in [5, 5.41) is 12.6. The number of carbonyl (C=O) groups is 1. The fourth-order valence-corrected chi connectivity index (χ4v) is 2.80. The number of hydrogen-bond donors (Lipinski definition) is 1. The van der Waals surface area contributed by atoms with Crippen LogP contribution in [0.4, 0.5) is 0 Å². The van der Waals surface area contributed by atoms with Gasteiger partial charge in [-0.05, 0) is 43.2 Å². The number of nitrogens with zero attached hydrogens (tertiary/aromatic N) is 1. The Hall–Kier alpha value is -2.97. The second-order valence-electron chi connectivity index (χ2n) is 5.74. The number of amides is 1. The fourth-order valence-electron chi connectivity index (χ4n) is 2.52. The van der Waals surface area contributed by atoms with Gasteiger partial charge in [-0.25, -0.2) is 0 Å². The lowest BCUT2D eigenvalue weighted by Gasteiger charge is -2.14. The molecule has 0 aromatic heterocycles. The molecule has 6 heteroatoms. The third-order valence-corrected chi connectivity index (χ3v) is 4.14. The molecule has 0 saturated carbocycles. The van der Waals surface area contributed by atoms with E-state index in [1.54, 1.807) is 12.1 Å². The van der Waals surface area contributed by atoms with Gasteiger partial charge >= 0.3 is 0 Å². The Morgan fingerprint density at radius 2 is 2.04 bits per heavy atom. The molecular formula is C21H21ClN2O3. The summed E-state index contributed by atoms with van der Waals surface area (Å²) in [5.41, 5.74) is 1.49. The molecule has 2 aromatic carbocycles. The molecule has 0 aliphatic heterocycles. The average Bonchev–Trinajstić information content (AvgIpc) is 2.68. The second kappa shape index (κ2) is 9.65. The Labute approximate surface area is 164 Å². The molecule has 0 radical (unpaired) electrons. The van der Waals surface area contributed by atoms with Crippen molar-refractivity contribution in [2.75, 3.05) is 13.7 Å². The molecule has 0 bridgehead atoms. The van der Waals surface area contributed by atoms with Crippen LogP contribution in [0.1, 0.15) is 31.0 Å². The summed E-state index contributed by atoms with van der Waals surface area (Å²) in [5.74, 6) is 0.406. The number of carbonyl (C=O) groups excluding carboxylic acids is 1. The quantitative estimate of drug-likeness (QED) is 0.562. The van der Waals surface area contributed by atoms with Crippen LogP contribution in [0.15, 0.2) is 48.0 Å². The Morgan fingerprint density at radius 3 is 2.63 bits per heavy atom. The molecule has 0 aliphatic rings. The maximum atomic E-state index is 12.5. The largest absolute Gasteiger partial charge is 0.493 e. The molecule has 5 nitrogen and oxygen atoms in total. The maximum absolute atomic E-state index is 12.5. The molecule has 0 saturated heterocycles. The van der Waals surface area contributed by atoms with E-state index in [2.05, 4.69) is 5.32 Å². The Kier molecular flexibility index (Phi) is 7.27. The van der Waals surface area contributed by atoms with Gasteiger partial charge in [0, 0.05) is 0 Å². The van der Waals surface area contributed by atoms with Crippen molar-refractivity contribution < 1.29 is 14.3 Å². The maximum Gasteiger partial charge on any atom is 0.262 e. The lowest BCUT2D eigenvalue weighted by molar-refractivity contribution is -0.117. The summed E-state index contributed by atoms with van der Waals surface area (Å²) in [6.07, 6.45) is 1.47. The van der Waals surface area contributed by atoms with Crippen LogP contribution in [-0.2, 0) is 4.79 Å². The Bertz CT molecular complexity index is 873. The van der Waals surface area contributed by atoms with Gasteiger partial charge in [0.2, 0.25) is 0 Å². The number of nitriles is 1. The van der Waals surface area contributed by atoms with Gasteiger partial charge in [0.05, 0.1) is 24.8 Å². The molecule has 2 rings (SSSR count). The van der Waals surface area contributed by atoms with E-state index >= 15 is 0 Å². The first kappa shape index (κ1) is 20.3. The van der Waals surface area contributed by atoms with Crippen molar-refractivity contribution >= 4 is 23.6 Å². The molecule has 2 aromatic rings. The van der Waals surface area contributed by atoms with E-state index in [1.807, 2.05) is 50.2 Å². The van der Waals surface area contributed by atoms with Crippen molar-refractivity contribution in [3.05, 3.63) is 64.2 Å². The summed E-state index contributed by atoms with van der Waals surface area (Å²) < 4.78 is 10.8. The van der Waals surface area contributed by atoms with Crippen LogP contribution >= 0.6 is 11.6 Å². The van der Waals surface area contributed by atoms with E-state index in [0.29, 0.717) is 28.7 Å². The zero-order chi connectivity index (χ0) is 19.8. The topological polar surface area (TPSA) is 71.3 Å². The molecule has 1 N–H and O–H groups in total. The van der Waals surface area contributed by atoms with Crippen molar-refractivity contribution in [1.82, 2.24) is 5.32 Å². The number of nitrogens with one attached hydrogen (secondary N) is 1. The lowest BCUT2D eigenvalue weighted by atomic mass is 10.1. The van der Waals surface area contributed by atoms with Gasteiger partial charge in [-0.1, -0.05) is 41.9 Å². The molecule has 0 aliphatic carbocycles. The summed E-state index contributed by atoms with van der Waals surface area (Å²) in [4.78, 5) is 12.5. The number of hydrogen-bond acceptors (Lipinski definition) is 4. The molecule has 27 heavy (non-hydrogen) atoms. The standard InChI is InChI=1S/C21H21ClN2O3/c1-4-27-20-18(22)11-15(12-19(20)26-3)10-17(13-23)21(25)24-14(2)16-8-6-5-7-9-16/h5-12,14H,4H2,1-3H3,(H,24,25)/b17-10-/t14-/m0/s1. The normalized spacial score (nSPS) is 12.0. The van der Waals surface area contributed by atoms with Crippen molar-refractivity contribution in [3.8, 4) is 17.6 Å². The Morgan fingerprint density at radius 1 is 1.33 bits per heavy atom. The zero-order valence-corrected chi connectivity index (χ0v) is 16.2. The van der Waals surface area contributed by atoms with Crippen LogP contribution in [0.5, 0.6) is 11.5 Å². The van der Waals surface area contributed by atoms with Crippen LogP contribution in [0.3, 0.4) is 0 Å². The fraction of sp³-hybridized carbons (Fsp3) is 0.238. The minimum Gasteiger partial charge on any atom is -0.493 e. The molecule has 0 fully saturated rings. The number of benzene rings is 2. The van der Waals surface area contributed by atoms with Crippen LogP contribution in [0.25, 0.3) is 6.08 Å². The van der Waals surface area contributed by atoms with Gasteiger partial charge in [0.25, 0.3) is 5.91 Å². The third-order valence-electron chi connectivity index (χ3n) is 3.86. The molecule has 0 spiro atoms. The summed E-state index contributed by atoms with van der Waals surface area (Å²) in [6.45, 7) is 4.14. The smallest absolute Gasteiger partial charge is 0.262 e. The number of rotatable bonds is 7.